The fraction of sp³-hybridized carbons (Fsp3) is 0.312. The van der Waals surface area contributed by atoms with Crippen molar-refractivity contribution in [1.29, 1.82) is 0 Å². The maximum absolute atomic E-state index is 13.7. The van der Waals surface area contributed by atoms with Gasteiger partial charge in [-0.3, -0.25) is 4.79 Å². The quantitative estimate of drug-likeness (QED) is 0.769. The molecule has 1 N–H and O–H groups in total. The summed E-state index contributed by atoms with van der Waals surface area (Å²) in [6, 6.07) is 6.19. The van der Waals surface area contributed by atoms with Crippen LogP contribution in [0.2, 0.25) is 5.02 Å². The molecule has 0 saturated carbocycles. The van der Waals surface area contributed by atoms with E-state index in [0.717, 1.165) is 12.8 Å². The zero-order chi connectivity index (χ0) is 14.8. The highest BCUT2D eigenvalue weighted by molar-refractivity contribution is 7.14. The maximum Gasteiger partial charge on any atom is 0.265 e. The largest absolute Gasteiger partial charge is 0.319 e. The summed E-state index contributed by atoms with van der Waals surface area (Å²) in [7, 11) is 0. The third kappa shape index (κ3) is 3.27. The van der Waals surface area contributed by atoms with Crippen LogP contribution in [0.25, 0.3) is 0 Å². The number of benzene rings is 1. The van der Waals surface area contributed by atoms with Crippen LogP contribution >= 0.6 is 22.9 Å². The Morgan fingerprint density at radius 1 is 1.19 bits per heavy atom. The number of amides is 1. The molecule has 110 valence electrons. The number of halogens is 2. The normalized spacial score (nSPS) is 14.4. The van der Waals surface area contributed by atoms with Gasteiger partial charge in [0.15, 0.2) is 0 Å². The number of anilines is 1. The summed E-state index contributed by atoms with van der Waals surface area (Å²) >= 11 is 7.23. The molecule has 0 fully saturated rings. The van der Waals surface area contributed by atoms with Crippen molar-refractivity contribution in [3.63, 3.8) is 0 Å². The van der Waals surface area contributed by atoms with Crippen LogP contribution in [0.5, 0.6) is 0 Å². The van der Waals surface area contributed by atoms with Crippen LogP contribution in [0, 0.1) is 5.82 Å². The van der Waals surface area contributed by atoms with Crippen LogP contribution in [-0.2, 0) is 12.8 Å². The van der Waals surface area contributed by atoms with Gasteiger partial charge in [0.05, 0.1) is 10.6 Å². The third-order valence-electron chi connectivity index (χ3n) is 3.65. The number of nitrogens with one attached hydrogen (secondary N) is 1. The van der Waals surface area contributed by atoms with Crippen molar-refractivity contribution in [3.05, 3.63) is 50.4 Å². The van der Waals surface area contributed by atoms with Gasteiger partial charge >= 0.3 is 0 Å². The molecule has 0 bridgehead atoms. The summed E-state index contributed by atoms with van der Waals surface area (Å²) in [4.78, 5) is 14.2. The predicted octanol–water partition coefficient (Wildman–Crippen LogP) is 5.06. The molecular formula is C16H15ClFNOS. The number of hydrogen-bond acceptors (Lipinski definition) is 2. The summed E-state index contributed by atoms with van der Waals surface area (Å²) in [6.07, 6.45) is 5.69. The molecule has 1 aromatic heterocycles. The van der Waals surface area contributed by atoms with Gasteiger partial charge < -0.3 is 5.32 Å². The van der Waals surface area contributed by atoms with Gasteiger partial charge in [-0.1, -0.05) is 18.0 Å². The average molecular weight is 324 g/mol. The Labute approximate surface area is 131 Å². The lowest BCUT2D eigenvalue weighted by atomic mass is 10.1. The lowest BCUT2D eigenvalue weighted by Crippen LogP contribution is -2.11. The maximum atomic E-state index is 13.7. The van der Waals surface area contributed by atoms with E-state index in [4.69, 9.17) is 11.6 Å². The van der Waals surface area contributed by atoms with E-state index in [1.807, 2.05) is 6.07 Å². The summed E-state index contributed by atoms with van der Waals surface area (Å²) < 4.78 is 13.7. The van der Waals surface area contributed by atoms with Crippen molar-refractivity contribution < 1.29 is 9.18 Å². The lowest BCUT2D eigenvalue weighted by Gasteiger charge is -2.05. The van der Waals surface area contributed by atoms with Gasteiger partial charge in [0.25, 0.3) is 5.91 Å². The molecule has 1 aromatic carbocycles. The molecule has 1 aliphatic carbocycles. The van der Waals surface area contributed by atoms with Crippen LogP contribution in [0.3, 0.4) is 0 Å². The molecule has 3 rings (SSSR count). The average Bonchev–Trinajstić information content (AvgIpc) is 2.73. The first-order chi connectivity index (χ1) is 10.1. The Hall–Kier alpha value is -1.39. The molecule has 1 aliphatic rings. The summed E-state index contributed by atoms with van der Waals surface area (Å²) in [5.74, 6) is -0.775. The Kier molecular flexibility index (Phi) is 4.27. The fourth-order valence-corrected chi connectivity index (χ4v) is 3.86. The van der Waals surface area contributed by atoms with Crippen molar-refractivity contribution in [2.45, 2.75) is 32.1 Å². The molecular weight excluding hydrogens is 309 g/mol. The lowest BCUT2D eigenvalue weighted by molar-refractivity contribution is 0.103. The second-order valence-electron chi connectivity index (χ2n) is 5.20. The standard InChI is InChI=1S/C16H15ClFNOS/c17-11-6-7-13(12(18)9-11)19-16(20)15-8-10-4-2-1-3-5-14(10)21-15/h6-9H,1-5H2,(H,19,20). The minimum Gasteiger partial charge on any atom is -0.319 e. The first-order valence-electron chi connectivity index (χ1n) is 7.01. The minimum atomic E-state index is -0.519. The highest BCUT2D eigenvalue weighted by Crippen LogP contribution is 2.29. The first kappa shape index (κ1) is 14.5. The van der Waals surface area contributed by atoms with Crippen LogP contribution in [0.1, 0.15) is 39.4 Å². The van der Waals surface area contributed by atoms with E-state index in [1.54, 1.807) is 6.07 Å². The molecule has 0 radical (unpaired) electrons. The zero-order valence-corrected chi connectivity index (χ0v) is 13.0. The van der Waals surface area contributed by atoms with Crippen LogP contribution in [-0.4, -0.2) is 5.91 Å². The Balaban J connectivity index is 1.79. The van der Waals surface area contributed by atoms with Crippen LogP contribution in [0.4, 0.5) is 10.1 Å². The highest BCUT2D eigenvalue weighted by Gasteiger charge is 2.17. The van der Waals surface area contributed by atoms with Gasteiger partial charge in [0.1, 0.15) is 5.82 Å². The van der Waals surface area contributed by atoms with Crippen molar-refractivity contribution in [1.82, 2.24) is 0 Å². The topological polar surface area (TPSA) is 29.1 Å². The number of carbonyl (C=O) groups is 1. The van der Waals surface area contributed by atoms with Gasteiger partial charge in [-0.15, -0.1) is 11.3 Å². The summed E-state index contributed by atoms with van der Waals surface area (Å²) in [5.41, 5.74) is 1.44. The van der Waals surface area contributed by atoms with E-state index in [2.05, 4.69) is 5.32 Å². The van der Waals surface area contributed by atoms with Crippen molar-refractivity contribution in [3.8, 4) is 0 Å². The molecule has 0 spiro atoms. The van der Waals surface area contributed by atoms with E-state index >= 15 is 0 Å². The smallest absolute Gasteiger partial charge is 0.265 e. The molecule has 0 unspecified atom stereocenters. The summed E-state index contributed by atoms with van der Waals surface area (Å²) in [5, 5.41) is 2.93. The van der Waals surface area contributed by atoms with E-state index < -0.39 is 5.82 Å². The van der Waals surface area contributed by atoms with Crippen molar-refractivity contribution in [2.24, 2.45) is 0 Å². The molecule has 1 amide bonds. The van der Waals surface area contributed by atoms with E-state index in [-0.39, 0.29) is 11.6 Å². The van der Waals surface area contributed by atoms with Gasteiger partial charge in [0, 0.05) is 9.90 Å². The highest BCUT2D eigenvalue weighted by atomic mass is 35.5. The Morgan fingerprint density at radius 2 is 2.00 bits per heavy atom. The van der Waals surface area contributed by atoms with Crippen molar-refractivity contribution >= 4 is 34.5 Å². The zero-order valence-electron chi connectivity index (χ0n) is 11.4. The van der Waals surface area contributed by atoms with Gasteiger partial charge in [0.2, 0.25) is 0 Å². The molecule has 0 saturated heterocycles. The molecule has 0 aliphatic heterocycles. The number of aryl methyl sites for hydroxylation is 2. The number of thiophene rings is 1. The second kappa shape index (κ2) is 6.16. The van der Waals surface area contributed by atoms with E-state index in [9.17, 15) is 9.18 Å². The number of rotatable bonds is 2. The van der Waals surface area contributed by atoms with Gasteiger partial charge in [-0.05, 0) is 55.5 Å². The van der Waals surface area contributed by atoms with Crippen LogP contribution < -0.4 is 5.32 Å². The number of carbonyl (C=O) groups excluding carboxylic acids is 1. The molecule has 1 heterocycles. The second-order valence-corrected chi connectivity index (χ2v) is 6.77. The van der Waals surface area contributed by atoms with Crippen LogP contribution in [0.15, 0.2) is 24.3 Å². The fourth-order valence-electron chi connectivity index (χ4n) is 2.55. The summed E-state index contributed by atoms with van der Waals surface area (Å²) in [6.45, 7) is 0. The van der Waals surface area contributed by atoms with Gasteiger partial charge in [-0.2, -0.15) is 0 Å². The molecule has 5 heteroatoms. The number of hydrogen-bond donors (Lipinski definition) is 1. The molecule has 21 heavy (non-hydrogen) atoms. The molecule has 2 nitrogen and oxygen atoms in total. The van der Waals surface area contributed by atoms with E-state index in [1.165, 1.54) is 53.2 Å². The third-order valence-corrected chi connectivity index (χ3v) is 5.12. The Morgan fingerprint density at radius 3 is 2.81 bits per heavy atom. The predicted molar refractivity (Wildman–Crippen MR) is 84.9 cm³/mol. The SMILES string of the molecule is O=C(Nc1ccc(Cl)cc1F)c1cc2c(s1)CCCCC2. The monoisotopic (exact) mass is 323 g/mol. The van der Waals surface area contributed by atoms with Gasteiger partial charge in [-0.25, -0.2) is 4.39 Å². The van der Waals surface area contributed by atoms with E-state index in [0.29, 0.717) is 9.90 Å². The van der Waals surface area contributed by atoms with Crippen molar-refractivity contribution in [2.75, 3.05) is 5.32 Å². The minimum absolute atomic E-state index is 0.160. The molecule has 2 aromatic rings. The molecule has 0 atom stereocenters. The Bertz CT molecular complexity index is 659. The first-order valence-corrected chi connectivity index (χ1v) is 8.21. The number of fused-ring (bicyclic) bond motifs is 1.